The van der Waals surface area contributed by atoms with E-state index in [-0.39, 0.29) is 35.1 Å². The summed E-state index contributed by atoms with van der Waals surface area (Å²) >= 11 is 0. The van der Waals surface area contributed by atoms with Crippen molar-refractivity contribution in [1.82, 2.24) is 4.90 Å². The van der Waals surface area contributed by atoms with Gasteiger partial charge in [-0.05, 0) is 77.5 Å². The number of ether oxygens (including phenoxy) is 3. The van der Waals surface area contributed by atoms with Gasteiger partial charge in [0.2, 0.25) is 0 Å². The van der Waals surface area contributed by atoms with Gasteiger partial charge in [0.25, 0.3) is 0 Å². The molecule has 1 amide bonds. The molecule has 1 aliphatic heterocycles. The molecule has 0 aromatic heterocycles. The molecule has 3 rings (SSSR count). The van der Waals surface area contributed by atoms with E-state index >= 15 is 0 Å². The summed E-state index contributed by atoms with van der Waals surface area (Å²) in [7, 11) is -3.45. The average molecular weight is 472 g/mol. The van der Waals surface area contributed by atoms with E-state index < -0.39 is 21.3 Å². The van der Waals surface area contributed by atoms with Gasteiger partial charge in [0.05, 0.1) is 23.2 Å². The molecule has 2 fully saturated rings. The largest absolute Gasteiger partial charge is 0.487 e. The summed E-state index contributed by atoms with van der Waals surface area (Å²) in [6, 6.07) is 3.75. The maximum atomic E-state index is 14.2. The average Bonchev–Trinajstić information content (AvgIpc) is 2.69. The van der Waals surface area contributed by atoms with Crippen LogP contribution in [-0.2, 0) is 19.3 Å². The van der Waals surface area contributed by atoms with Crippen LogP contribution in [0.2, 0.25) is 0 Å². The fraction of sp³-hybridized carbons (Fsp3) is 0.696. The molecule has 9 heteroatoms. The molecule has 1 saturated heterocycles. The highest BCUT2D eigenvalue weighted by Crippen LogP contribution is 2.30. The second-order valence-corrected chi connectivity index (χ2v) is 11.7. The Kier molecular flexibility index (Phi) is 7.70. The minimum Gasteiger partial charge on any atom is -0.487 e. The van der Waals surface area contributed by atoms with Crippen molar-refractivity contribution in [2.24, 2.45) is 0 Å². The lowest BCUT2D eigenvalue weighted by Crippen LogP contribution is -2.44. The van der Waals surface area contributed by atoms with Gasteiger partial charge in [-0.1, -0.05) is 0 Å². The van der Waals surface area contributed by atoms with Crippen molar-refractivity contribution in [3.05, 3.63) is 24.0 Å². The number of piperidine rings is 1. The number of halogens is 1. The van der Waals surface area contributed by atoms with Crippen LogP contribution in [0.25, 0.3) is 0 Å². The Morgan fingerprint density at radius 2 is 1.56 bits per heavy atom. The highest BCUT2D eigenvalue weighted by molar-refractivity contribution is 7.90. The van der Waals surface area contributed by atoms with Crippen LogP contribution < -0.4 is 4.74 Å². The monoisotopic (exact) mass is 471 g/mol. The van der Waals surface area contributed by atoms with Crippen molar-refractivity contribution in [1.29, 1.82) is 0 Å². The fourth-order valence-electron chi connectivity index (χ4n) is 4.05. The van der Waals surface area contributed by atoms with Crippen LogP contribution in [0.4, 0.5) is 9.18 Å². The van der Waals surface area contributed by atoms with Crippen LogP contribution in [-0.4, -0.2) is 62.7 Å². The first-order valence-corrected chi connectivity index (χ1v) is 13.1. The van der Waals surface area contributed by atoms with E-state index in [1.807, 2.05) is 20.8 Å². The zero-order chi connectivity index (χ0) is 23.5. The molecule has 0 unspecified atom stereocenters. The summed E-state index contributed by atoms with van der Waals surface area (Å²) in [4.78, 5) is 13.9. The molecule has 1 heterocycles. The number of carbonyl (C=O) groups is 1. The molecule has 0 bridgehead atoms. The lowest BCUT2D eigenvalue weighted by atomic mass is 9.94. The molecule has 2 aliphatic rings. The third-order valence-electron chi connectivity index (χ3n) is 5.72. The molecule has 1 aliphatic carbocycles. The first-order valence-electron chi connectivity index (χ1n) is 11.2. The number of benzene rings is 1. The SMILES string of the molecule is CC(C)(C)OC(=O)N1CCC(O[C@H]2CC[C@H](Oc3ccc(S(C)(=O)=O)cc3F)CC2)CC1. The number of hydrogen-bond donors (Lipinski definition) is 0. The normalized spacial score (nSPS) is 23.1. The van der Waals surface area contributed by atoms with E-state index in [9.17, 15) is 17.6 Å². The quantitative estimate of drug-likeness (QED) is 0.636. The van der Waals surface area contributed by atoms with Gasteiger partial charge in [-0.15, -0.1) is 0 Å². The van der Waals surface area contributed by atoms with Gasteiger partial charge in [-0.3, -0.25) is 0 Å². The summed E-state index contributed by atoms with van der Waals surface area (Å²) in [5.74, 6) is -0.584. The van der Waals surface area contributed by atoms with Gasteiger partial charge >= 0.3 is 6.09 Å². The number of nitrogens with zero attached hydrogens (tertiary/aromatic N) is 1. The molecule has 180 valence electrons. The highest BCUT2D eigenvalue weighted by Gasteiger charge is 2.30. The maximum absolute atomic E-state index is 14.2. The van der Waals surface area contributed by atoms with E-state index in [0.717, 1.165) is 50.8 Å². The first kappa shape index (κ1) is 24.8. The van der Waals surface area contributed by atoms with Crippen molar-refractivity contribution in [2.45, 2.75) is 88.1 Å². The maximum Gasteiger partial charge on any atom is 0.410 e. The smallest absolute Gasteiger partial charge is 0.410 e. The van der Waals surface area contributed by atoms with Gasteiger partial charge in [-0.2, -0.15) is 0 Å². The third kappa shape index (κ3) is 7.07. The van der Waals surface area contributed by atoms with E-state index in [0.29, 0.717) is 13.1 Å². The van der Waals surface area contributed by atoms with Crippen molar-refractivity contribution in [3.8, 4) is 5.75 Å². The second-order valence-electron chi connectivity index (χ2n) is 9.68. The second kappa shape index (κ2) is 9.95. The van der Waals surface area contributed by atoms with Crippen LogP contribution in [0.1, 0.15) is 59.3 Å². The van der Waals surface area contributed by atoms with Crippen molar-refractivity contribution < 1.29 is 31.8 Å². The molecule has 0 radical (unpaired) electrons. The predicted octanol–water partition coefficient (Wildman–Crippen LogP) is 4.34. The number of likely N-dealkylation sites (tertiary alicyclic amines) is 1. The lowest BCUT2D eigenvalue weighted by molar-refractivity contribution is -0.0677. The first-order chi connectivity index (χ1) is 14.9. The van der Waals surface area contributed by atoms with Crippen molar-refractivity contribution in [3.63, 3.8) is 0 Å². The van der Waals surface area contributed by atoms with Gasteiger partial charge < -0.3 is 19.1 Å². The number of sulfone groups is 1. The summed E-state index contributed by atoms with van der Waals surface area (Å²) in [5.41, 5.74) is -0.496. The lowest BCUT2D eigenvalue weighted by Gasteiger charge is -2.36. The molecule has 7 nitrogen and oxygen atoms in total. The zero-order valence-electron chi connectivity index (χ0n) is 19.3. The number of rotatable bonds is 5. The summed E-state index contributed by atoms with van der Waals surface area (Å²) in [5, 5.41) is 0. The Labute approximate surface area is 190 Å². The number of carbonyl (C=O) groups excluding carboxylic acids is 1. The topological polar surface area (TPSA) is 82.1 Å². The van der Waals surface area contributed by atoms with Gasteiger partial charge in [0.1, 0.15) is 5.60 Å². The molecule has 1 aromatic rings. The van der Waals surface area contributed by atoms with Crippen LogP contribution in [0.15, 0.2) is 23.1 Å². The van der Waals surface area contributed by atoms with E-state index in [4.69, 9.17) is 14.2 Å². The predicted molar refractivity (Wildman–Crippen MR) is 118 cm³/mol. The molecule has 0 atom stereocenters. The standard InChI is InChI=1S/C23H34FNO6S/c1-23(2,3)31-22(26)25-13-11-18(12-14-25)29-16-5-7-17(8-6-16)30-21-10-9-19(15-20(21)24)32(4,27)28/h9-10,15-18H,5-8,11-14H2,1-4H3/t16-,17-. The van der Waals surface area contributed by atoms with Gasteiger partial charge in [0, 0.05) is 19.3 Å². The van der Waals surface area contributed by atoms with E-state index in [1.54, 1.807) is 4.90 Å². The Balaban J connectivity index is 1.41. The molecule has 1 aromatic carbocycles. The summed E-state index contributed by atoms with van der Waals surface area (Å²) in [6.45, 7) is 6.83. The minimum atomic E-state index is -3.45. The zero-order valence-corrected chi connectivity index (χ0v) is 20.1. The van der Waals surface area contributed by atoms with Crippen LogP contribution in [0, 0.1) is 5.82 Å². The minimum absolute atomic E-state index is 0.0582. The Hall–Kier alpha value is -1.87. The highest BCUT2D eigenvalue weighted by atomic mass is 32.2. The van der Waals surface area contributed by atoms with Crippen LogP contribution in [0.5, 0.6) is 5.75 Å². The Bertz CT molecular complexity index is 898. The Morgan fingerprint density at radius 1 is 1.00 bits per heavy atom. The summed E-state index contributed by atoms with van der Waals surface area (Å²) < 4.78 is 54.8. The molecule has 1 saturated carbocycles. The van der Waals surface area contributed by atoms with Gasteiger partial charge in [0.15, 0.2) is 21.4 Å². The summed E-state index contributed by atoms with van der Waals surface area (Å²) in [6.07, 6.45) is 5.60. The molecule has 0 N–H and O–H groups in total. The Morgan fingerprint density at radius 3 is 2.09 bits per heavy atom. The van der Waals surface area contributed by atoms with Crippen molar-refractivity contribution in [2.75, 3.05) is 19.3 Å². The fourth-order valence-corrected chi connectivity index (χ4v) is 4.68. The van der Waals surface area contributed by atoms with Gasteiger partial charge in [-0.25, -0.2) is 17.6 Å². The molecular weight excluding hydrogens is 437 g/mol. The van der Waals surface area contributed by atoms with Crippen molar-refractivity contribution >= 4 is 15.9 Å². The van der Waals surface area contributed by atoms with Crippen LogP contribution >= 0.6 is 0 Å². The van der Waals surface area contributed by atoms with Crippen LogP contribution in [0.3, 0.4) is 0 Å². The number of hydrogen-bond acceptors (Lipinski definition) is 6. The van der Waals surface area contributed by atoms with E-state index in [1.165, 1.54) is 12.1 Å². The van der Waals surface area contributed by atoms with E-state index in [2.05, 4.69) is 0 Å². The third-order valence-corrected chi connectivity index (χ3v) is 6.84. The molecule has 0 spiro atoms. The molecule has 32 heavy (non-hydrogen) atoms. The molecular formula is C23H34FNO6S. The number of amides is 1.